The van der Waals surface area contributed by atoms with Gasteiger partial charge in [-0.1, -0.05) is 42.5 Å². The van der Waals surface area contributed by atoms with Crippen LogP contribution in [0.5, 0.6) is 0 Å². The monoisotopic (exact) mass is 339 g/mol. The number of hydrogen-bond acceptors (Lipinski definition) is 4. The number of nitrogen functional groups attached to an aromatic ring is 1. The molecule has 0 spiro atoms. The van der Waals surface area contributed by atoms with Gasteiger partial charge in [-0.2, -0.15) is 9.78 Å². The van der Waals surface area contributed by atoms with Crippen LogP contribution in [-0.2, 0) is 0 Å². The second-order valence-corrected chi connectivity index (χ2v) is 6.23. The first kappa shape index (κ1) is 14.6. The maximum Gasteiger partial charge on any atom is 0.278 e. The average Bonchev–Trinajstić information content (AvgIpc) is 3.09. The van der Waals surface area contributed by atoms with Gasteiger partial charge in [-0.15, -0.1) is 0 Å². The van der Waals surface area contributed by atoms with Gasteiger partial charge in [0.1, 0.15) is 5.52 Å². The summed E-state index contributed by atoms with van der Waals surface area (Å²) in [5.74, 6) is -0.337. The fourth-order valence-corrected chi connectivity index (χ4v) is 3.53. The standard InChI is InChI=1S/C21H13N3O2/c22-16-11-10-15-17-18(16)23-24(21(26)12-6-2-1-3-7-12)19(17)13-8-4-5-9-14(13)20(15)25/h1-11H,22H2. The van der Waals surface area contributed by atoms with Crippen molar-refractivity contribution in [3.63, 3.8) is 0 Å². The van der Waals surface area contributed by atoms with E-state index in [9.17, 15) is 9.59 Å². The van der Waals surface area contributed by atoms with Gasteiger partial charge in [0, 0.05) is 27.6 Å². The summed E-state index contributed by atoms with van der Waals surface area (Å²) in [6.45, 7) is 0. The number of aromatic nitrogens is 2. The van der Waals surface area contributed by atoms with Gasteiger partial charge in [-0.05, 0) is 24.3 Å². The van der Waals surface area contributed by atoms with E-state index in [-0.39, 0.29) is 11.7 Å². The van der Waals surface area contributed by atoms with Crippen molar-refractivity contribution < 1.29 is 9.59 Å². The second kappa shape index (κ2) is 5.13. The van der Waals surface area contributed by atoms with Crippen LogP contribution in [0.15, 0.2) is 66.7 Å². The number of rotatable bonds is 1. The van der Waals surface area contributed by atoms with E-state index in [0.717, 1.165) is 0 Å². The minimum Gasteiger partial charge on any atom is -0.397 e. The van der Waals surface area contributed by atoms with Gasteiger partial charge in [0.2, 0.25) is 0 Å². The molecule has 0 atom stereocenters. The van der Waals surface area contributed by atoms with Crippen molar-refractivity contribution in [1.82, 2.24) is 9.78 Å². The highest BCUT2D eigenvalue weighted by atomic mass is 16.2. The van der Waals surface area contributed by atoms with Crippen molar-refractivity contribution in [3.05, 3.63) is 83.4 Å². The van der Waals surface area contributed by atoms with E-state index in [1.54, 1.807) is 42.5 Å². The highest BCUT2D eigenvalue weighted by molar-refractivity contribution is 6.27. The summed E-state index contributed by atoms with van der Waals surface area (Å²) in [5, 5.41) is 5.12. The first-order chi connectivity index (χ1) is 12.7. The molecule has 3 aromatic carbocycles. The molecule has 1 heterocycles. The van der Waals surface area contributed by atoms with Crippen molar-refractivity contribution >= 4 is 28.3 Å². The maximum atomic E-state index is 13.1. The van der Waals surface area contributed by atoms with Crippen LogP contribution in [0.3, 0.4) is 0 Å². The summed E-state index contributed by atoms with van der Waals surface area (Å²) in [5.41, 5.74) is 9.93. The van der Waals surface area contributed by atoms with Crippen LogP contribution in [0, 0.1) is 0 Å². The number of carbonyl (C=O) groups is 2. The van der Waals surface area contributed by atoms with Crippen molar-refractivity contribution in [1.29, 1.82) is 0 Å². The smallest absolute Gasteiger partial charge is 0.278 e. The molecular formula is C21H13N3O2. The Bertz CT molecular complexity index is 1220. The average molecular weight is 339 g/mol. The third-order valence-corrected chi connectivity index (χ3v) is 4.74. The number of nitrogens with zero attached hydrogens (tertiary/aromatic N) is 2. The molecule has 26 heavy (non-hydrogen) atoms. The van der Waals surface area contributed by atoms with Crippen LogP contribution >= 0.6 is 0 Å². The molecule has 5 nitrogen and oxygen atoms in total. The van der Waals surface area contributed by atoms with Gasteiger partial charge in [-0.3, -0.25) is 9.59 Å². The minimum atomic E-state index is -0.258. The van der Waals surface area contributed by atoms with Crippen LogP contribution in [0.2, 0.25) is 0 Å². The molecule has 4 aromatic rings. The van der Waals surface area contributed by atoms with Crippen molar-refractivity contribution in [2.75, 3.05) is 5.73 Å². The number of carbonyl (C=O) groups excluding carboxylic acids is 2. The second-order valence-electron chi connectivity index (χ2n) is 6.23. The molecule has 0 saturated heterocycles. The SMILES string of the molecule is Nc1ccc2c3c(n(C(=O)c4ccccc4)nc13)-c1ccccc1C2=O. The topological polar surface area (TPSA) is 78.0 Å². The van der Waals surface area contributed by atoms with E-state index in [0.29, 0.717) is 44.5 Å². The Kier molecular flexibility index (Phi) is 2.88. The lowest BCUT2D eigenvalue weighted by Crippen LogP contribution is -2.17. The van der Waals surface area contributed by atoms with Crippen LogP contribution in [0.25, 0.3) is 22.2 Å². The largest absolute Gasteiger partial charge is 0.397 e. The summed E-state index contributed by atoms with van der Waals surface area (Å²) < 4.78 is 1.37. The molecule has 0 unspecified atom stereocenters. The number of hydrogen-bond donors (Lipinski definition) is 1. The van der Waals surface area contributed by atoms with Gasteiger partial charge < -0.3 is 5.73 Å². The van der Waals surface area contributed by atoms with E-state index in [1.807, 2.05) is 24.3 Å². The van der Waals surface area contributed by atoms with Crippen molar-refractivity contribution in [2.24, 2.45) is 0 Å². The zero-order valence-electron chi connectivity index (χ0n) is 13.6. The fraction of sp³-hybridized carbons (Fsp3) is 0. The summed E-state index contributed by atoms with van der Waals surface area (Å²) in [6.07, 6.45) is 0. The zero-order chi connectivity index (χ0) is 17.8. The summed E-state index contributed by atoms with van der Waals surface area (Å²) in [4.78, 5) is 26.0. The van der Waals surface area contributed by atoms with Gasteiger partial charge >= 0.3 is 0 Å². The molecule has 1 aromatic heterocycles. The van der Waals surface area contributed by atoms with E-state index in [1.165, 1.54) is 4.68 Å². The molecule has 0 bridgehead atoms. The molecule has 5 heteroatoms. The van der Waals surface area contributed by atoms with Crippen molar-refractivity contribution in [2.45, 2.75) is 0 Å². The Morgan fingerprint density at radius 1 is 0.846 bits per heavy atom. The summed E-state index contributed by atoms with van der Waals surface area (Å²) in [7, 11) is 0. The lowest BCUT2D eigenvalue weighted by Gasteiger charge is -2.17. The fourth-order valence-electron chi connectivity index (χ4n) is 3.53. The molecule has 0 fully saturated rings. The third kappa shape index (κ3) is 1.82. The van der Waals surface area contributed by atoms with Crippen LogP contribution < -0.4 is 5.73 Å². The number of anilines is 1. The van der Waals surface area contributed by atoms with E-state index in [2.05, 4.69) is 5.10 Å². The summed E-state index contributed by atoms with van der Waals surface area (Å²) >= 11 is 0. The van der Waals surface area contributed by atoms with E-state index >= 15 is 0 Å². The molecule has 1 aliphatic carbocycles. The van der Waals surface area contributed by atoms with Crippen LogP contribution in [0.4, 0.5) is 5.69 Å². The lowest BCUT2D eigenvalue weighted by atomic mass is 9.87. The van der Waals surface area contributed by atoms with Crippen LogP contribution in [0.1, 0.15) is 26.3 Å². The molecule has 0 radical (unpaired) electrons. The molecule has 2 N–H and O–H groups in total. The Morgan fingerprint density at radius 2 is 1.54 bits per heavy atom. The molecular weight excluding hydrogens is 326 g/mol. The third-order valence-electron chi connectivity index (χ3n) is 4.74. The number of nitrogens with two attached hydrogens (primary N) is 1. The number of benzene rings is 3. The first-order valence-electron chi connectivity index (χ1n) is 8.22. The molecule has 0 saturated carbocycles. The predicted molar refractivity (Wildman–Crippen MR) is 99.2 cm³/mol. The number of ketones is 1. The van der Waals surface area contributed by atoms with E-state index < -0.39 is 0 Å². The number of fused-ring (bicyclic) bond motifs is 2. The van der Waals surface area contributed by atoms with E-state index in [4.69, 9.17) is 5.73 Å². The molecule has 5 rings (SSSR count). The van der Waals surface area contributed by atoms with Gasteiger partial charge in [0.05, 0.1) is 11.4 Å². The van der Waals surface area contributed by atoms with Crippen molar-refractivity contribution in [3.8, 4) is 11.3 Å². The molecule has 0 aliphatic heterocycles. The van der Waals surface area contributed by atoms with Gasteiger partial charge in [-0.25, -0.2) is 0 Å². The Balaban J connectivity index is 1.91. The van der Waals surface area contributed by atoms with Gasteiger partial charge in [0.15, 0.2) is 5.78 Å². The quantitative estimate of drug-likeness (QED) is 0.474. The normalized spacial score (nSPS) is 12.2. The zero-order valence-corrected chi connectivity index (χ0v) is 13.6. The minimum absolute atomic E-state index is 0.0789. The highest BCUT2D eigenvalue weighted by Crippen LogP contribution is 2.41. The Labute approximate surface area is 148 Å². The molecule has 0 amide bonds. The molecule has 1 aliphatic rings. The maximum absolute atomic E-state index is 13.1. The summed E-state index contributed by atoms with van der Waals surface area (Å²) in [6, 6.07) is 19.6. The Hall–Kier alpha value is -3.73. The highest BCUT2D eigenvalue weighted by Gasteiger charge is 2.31. The Morgan fingerprint density at radius 3 is 2.31 bits per heavy atom. The van der Waals surface area contributed by atoms with Crippen LogP contribution in [-0.4, -0.2) is 21.5 Å². The molecule has 124 valence electrons. The lowest BCUT2D eigenvalue weighted by molar-refractivity contribution is 0.0946. The first-order valence-corrected chi connectivity index (χ1v) is 8.22. The van der Waals surface area contributed by atoms with Gasteiger partial charge in [0.25, 0.3) is 5.91 Å². The predicted octanol–water partition coefficient (Wildman–Crippen LogP) is 3.52.